The predicted octanol–water partition coefficient (Wildman–Crippen LogP) is 3.42. The van der Waals surface area contributed by atoms with Gasteiger partial charge in [-0.1, -0.05) is 17.8 Å². The van der Waals surface area contributed by atoms with Crippen molar-refractivity contribution in [3.8, 4) is 11.5 Å². The van der Waals surface area contributed by atoms with Crippen molar-refractivity contribution in [3.63, 3.8) is 0 Å². The summed E-state index contributed by atoms with van der Waals surface area (Å²) in [4.78, 5) is 28.0. The number of Topliss-reactive ketones (excluding diaryl/α,β-unsaturated/α-hetero) is 1. The normalized spacial score (nSPS) is 18.1. The fraction of sp³-hybridized carbons (Fsp3) is 0.222. The Kier molecular flexibility index (Phi) is 5.92. The van der Waals surface area contributed by atoms with Crippen LogP contribution in [-0.4, -0.2) is 40.1 Å². The maximum absolute atomic E-state index is 12.7. The van der Waals surface area contributed by atoms with Gasteiger partial charge in [0, 0.05) is 11.6 Å². The summed E-state index contributed by atoms with van der Waals surface area (Å²) in [5, 5.41) is 19.5. The Labute approximate surface area is 163 Å². The maximum atomic E-state index is 12.7. The number of ketones is 1. The van der Waals surface area contributed by atoms with Crippen LogP contribution >= 0.6 is 23.1 Å². The highest BCUT2D eigenvalue weighted by Gasteiger charge is 2.38. The topological polar surface area (TPSA) is 110 Å². The Morgan fingerprint density at radius 1 is 1.37 bits per heavy atom. The molecule has 2 N–H and O–H groups in total. The Morgan fingerprint density at radius 2 is 2.19 bits per heavy atom. The lowest BCUT2D eigenvalue weighted by atomic mass is 10.0. The number of nitrogens with zero attached hydrogens (tertiary/aromatic N) is 1. The van der Waals surface area contributed by atoms with Crippen LogP contribution in [0, 0.1) is 5.41 Å². The summed E-state index contributed by atoms with van der Waals surface area (Å²) in [5.74, 6) is -1.14. The van der Waals surface area contributed by atoms with Crippen molar-refractivity contribution in [1.29, 1.82) is 5.41 Å². The highest BCUT2D eigenvalue weighted by atomic mass is 32.2. The zero-order valence-corrected chi connectivity index (χ0v) is 15.9. The van der Waals surface area contributed by atoms with E-state index < -0.39 is 18.5 Å². The summed E-state index contributed by atoms with van der Waals surface area (Å²) in [6.45, 7) is 1.72. The third kappa shape index (κ3) is 4.37. The van der Waals surface area contributed by atoms with E-state index in [4.69, 9.17) is 20.0 Å². The molecule has 27 heavy (non-hydrogen) atoms. The lowest BCUT2D eigenvalue weighted by Gasteiger charge is -2.11. The Hall–Kier alpha value is -2.65. The quantitative estimate of drug-likeness (QED) is 0.680. The van der Waals surface area contributed by atoms with Gasteiger partial charge in [0.05, 0.1) is 16.6 Å². The van der Waals surface area contributed by atoms with Gasteiger partial charge in [0.25, 0.3) is 0 Å². The SMILES string of the molecule is CCOc1cc(C=C2SC(=N)C(c3nccs3)C2=O)ccc1OCC(=O)O. The minimum Gasteiger partial charge on any atom is -0.490 e. The molecule has 1 aliphatic rings. The van der Waals surface area contributed by atoms with E-state index in [-0.39, 0.29) is 10.8 Å². The van der Waals surface area contributed by atoms with Gasteiger partial charge >= 0.3 is 5.97 Å². The van der Waals surface area contributed by atoms with E-state index in [1.54, 1.807) is 35.9 Å². The number of allylic oxidation sites excluding steroid dienone is 1. The number of carboxylic acid groups (broad SMARTS) is 1. The lowest BCUT2D eigenvalue weighted by molar-refractivity contribution is -0.139. The van der Waals surface area contributed by atoms with Gasteiger partial charge in [-0.05, 0) is 30.7 Å². The minimum absolute atomic E-state index is 0.149. The molecule has 1 fully saturated rings. The predicted molar refractivity (Wildman–Crippen MR) is 104 cm³/mol. The molecule has 0 saturated carbocycles. The van der Waals surface area contributed by atoms with E-state index in [1.165, 1.54) is 11.3 Å². The average Bonchev–Trinajstić information content (AvgIpc) is 3.23. The summed E-state index contributed by atoms with van der Waals surface area (Å²) >= 11 is 2.48. The Bertz CT molecular complexity index is 908. The van der Waals surface area contributed by atoms with Gasteiger partial charge in [-0.15, -0.1) is 11.3 Å². The molecule has 0 amide bonds. The van der Waals surface area contributed by atoms with Gasteiger partial charge in [-0.2, -0.15) is 0 Å². The van der Waals surface area contributed by atoms with Crippen LogP contribution < -0.4 is 9.47 Å². The molecule has 2 heterocycles. The highest BCUT2D eigenvalue weighted by molar-refractivity contribution is 8.19. The average molecular weight is 404 g/mol. The van der Waals surface area contributed by atoms with E-state index in [1.807, 2.05) is 6.92 Å². The van der Waals surface area contributed by atoms with Crippen LogP contribution in [-0.2, 0) is 9.59 Å². The number of nitrogens with one attached hydrogen (secondary N) is 1. The summed E-state index contributed by atoms with van der Waals surface area (Å²) in [5.41, 5.74) is 0.699. The van der Waals surface area contributed by atoms with Crippen molar-refractivity contribution in [1.82, 2.24) is 4.98 Å². The van der Waals surface area contributed by atoms with Gasteiger partial charge in [0.2, 0.25) is 0 Å². The second-order valence-corrected chi connectivity index (χ2v) is 7.47. The van der Waals surface area contributed by atoms with Crippen molar-refractivity contribution in [2.75, 3.05) is 13.2 Å². The molecule has 1 aromatic heterocycles. The summed E-state index contributed by atoms with van der Waals surface area (Å²) in [7, 11) is 0. The zero-order valence-electron chi connectivity index (χ0n) is 14.3. The van der Waals surface area contributed by atoms with Gasteiger partial charge in [0.15, 0.2) is 23.9 Å². The molecule has 0 spiro atoms. The van der Waals surface area contributed by atoms with Crippen LogP contribution in [0.25, 0.3) is 6.08 Å². The standard InChI is InChI=1S/C18H16N2O5S2/c1-2-24-12-7-10(3-4-11(12)25-9-14(21)22)8-13-16(23)15(17(19)27-13)18-20-5-6-26-18/h3-8,15,19H,2,9H2,1H3,(H,21,22). The fourth-order valence-corrected chi connectivity index (χ4v) is 4.29. The molecule has 9 heteroatoms. The van der Waals surface area contributed by atoms with Gasteiger partial charge < -0.3 is 14.6 Å². The second-order valence-electron chi connectivity index (χ2n) is 5.46. The molecule has 140 valence electrons. The third-order valence-electron chi connectivity index (χ3n) is 3.60. The number of carboxylic acids is 1. The summed E-state index contributed by atoms with van der Waals surface area (Å²) < 4.78 is 10.7. The number of rotatable bonds is 7. The molecule has 7 nitrogen and oxygen atoms in total. The van der Waals surface area contributed by atoms with Gasteiger partial charge in [0.1, 0.15) is 10.9 Å². The first-order chi connectivity index (χ1) is 13.0. The van der Waals surface area contributed by atoms with Crippen molar-refractivity contribution in [3.05, 3.63) is 45.3 Å². The first-order valence-corrected chi connectivity index (χ1v) is 9.72. The number of ether oxygens (including phenoxy) is 2. The fourth-order valence-electron chi connectivity index (χ4n) is 2.48. The van der Waals surface area contributed by atoms with Crippen LogP contribution in [0.3, 0.4) is 0 Å². The Balaban J connectivity index is 1.86. The first kappa shape index (κ1) is 19.1. The molecule has 0 aliphatic carbocycles. The highest BCUT2D eigenvalue weighted by Crippen LogP contribution is 2.41. The number of hydrogen-bond acceptors (Lipinski definition) is 8. The smallest absolute Gasteiger partial charge is 0.341 e. The molecule has 0 bridgehead atoms. The van der Waals surface area contributed by atoms with E-state index in [0.29, 0.717) is 33.6 Å². The number of thioether (sulfide) groups is 1. The molecule has 1 aromatic carbocycles. The van der Waals surface area contributed by atoms with E-state index in [9.17, 15) is 9.59 Å². The van der Waals surface area contributed by atoms with E-state index in [0.717, 1.165) is 11.8 Å². The van der Waals surface area contributed by atoms with Crippen LogP contribution in [0.2, 0.25) is 0 Å². The van der Waals surface area contributed by atoms with E-state index >= 15 is 0 Å². The molecule has 1 atom stereocenters. The number of benzene rings is 1. The Morgan fingerprint density at radius 3 is 2.85 bits per heavy atom. The molecule has 1 saturated heterocycles. The van der Waals surface area contributed by atoms with Crippen LogP contribution in [0.15, 0.2) is 34.7 Å². The van der Waals surface area contributed by atoms with Gasteiger partial charge in [-0.3, -0.25) is 10.2 Å². The third-order valence-corrected chi connectivity index (χ3v) is 5.44. The molecule has 1 aliphatic heterocycles. The van der Waals surface area contributed by atoms with Gasteiger partial charge in [-0.25, -0.2) is 9.78 Å². The number of carbonyl (C=O) groups excluding carboxylic acids is 1. The monoisotopic (exact) mass is 404 g/mol. The largest absolute Gasteiger partial charge is 0.490 e. The van der Waals surface area contributed by atoms with Crippen molar-refractivity contribution >= 4 is 46.0 Å². The number of thiazole rings is 1. The molecule has 1 unspecified atom stereocenters. The number of aromatic nitrogens is 1. The van der Waals surface area contributed by atoms with Crippen molar-refractivity contribution < 1.29 is 24.2 Å². The zero-order chi connectivity index (χ0) is 19.4. The summed E-state index contributed by atoms with van der Waals surface area (Å²) in [6, 6.07) is 5.00. The molecular weight excluding hydrogens is 388 g/mol. The van der Waals surface area contributed by atoms with E-state index in [2.05, 4.69) is 4.98 Å². The summed E-state index contributed by atoms with van der Waals surface area (Å²) in [6.07, 6.45) is 3.32. The van der Waals surface area contributed by atoms with Crippen LogP contribution in [0.5, 0.6) is 11.5 Å². The van der Waals surface area contributed by atoms with Crippen LogP contribution in [0.4, 0.5) is 0 Å². The van der Waals surface area contributed by atoms with Crippen LogP contribution in [0.1, 0.15) is 23.4 Å². The molecular formula is C18H16N2O5S2. The number of hydrogen-bond donors (Lipinski definition) is 2. The maximum Gasteiger partial charge on any atom is 0.341 e. The lowest BCUT2D eigenvalue weighted by Crippen LogP contribution is -2.11. The van der Waals surface area contributed by atoms with Crippen molar-refractivity contribution in [2.24, 2.45) is 0 Å². The molecule has 3 rings (SSSR count). The second kappa shape index (κ2) is 8.36. The minimum atomic E-state index is -1.08. The van der Waals surface area contributed by atoms with Crippen molar-refractivity contribution in [2.45, 2.75) is 12.8 Å². The number of carbonyl (C=O) groups is 2. The first-order valence-electron chi connectivity index (χ1n) is 8.02. The number of aliphatic carboxylic acids is 1. The molecule has 2 aromatic rings. The molecule has 0 radical (unpaired) electrons.